The Kier molecular flexibility index (Phi) is 15.5. The maximum Gasteiger partial charge on any atom is 0.328 e. The molecule has 0 aliphatic heterocycles. The topological polar surface area (TPSA) is 60.8 Å². The highest BCUT2D eigenvalue weighted by molar-refractivity contribution is 5.81. The molecule has 46 heavy (non-hydrogen) atoms. The minimum absolute atomic E-state index is 0.214. The van der Waals surface area contributed by atoms with Gasteiger partial charge in [-0.25, -0.2) is 4.79 Å². The predicted octanol–water partition coefficient (Wildman–Crippen LogP) is 10.9. The van der Waals surface area contributed by atoms with Crippen LogP contribution in [0, 0.1) is 12.3 Å². The first-order chi connectivity index (χ1) is 21.6. The summed E-state index contributed by atoms with van der Waals surface area (Å²) < 4.78 is 0. The van der Waals surface area contributed by atoms with Crippen LogP contribution in [0.4, 0.5) is 0 Å². The molecule has 0 fully saturated rings. The summed E-state index contributed by atoms with van der Waals surface area (Å²) in [4.78, 5) is 13.1. The highest BCUT2D eigenvalue weighted by Crippen LogP contribution is 2.41. The van der Waals surface area contributed by atoms with Crippen molar-refractivity contribution >= 4 is 5.97 Å². The predicted molar refractivity (Wildman–Crippen MR) is 196 cm³/mol. The van der Waals surface area contributed by atoms with Crippen molar-refractivity contribution in [1.29, 1.82) is 0 Å². The number of benzene rings is 2. The van der Waals surface area contributed by atoms with Gasteiger partial charge >= 0.3 is 5.97 Å². The molecule has 0 spiro atoms. The van der Waals surface area contributed by atoms with Crippen LogP contribution in [-0.4, -0.2) is 39.7 Å². The van der Waals surface area contributed by atoms with Crippen LogP contribution in [0.3, 0.4) is 0 Å². The van der Waals surface area contributed by atoms with Gasteiger partial charge in [-0.15, -0.1) is 0 Å². The number of carboxylic acid groups (broad SMARTS) is 1. The molecule has 0 heterocycles. The smallest absolute Gasteiger partial charge is 0.328 e. The van der Waals surface area contributed by atoms with Gasteiger partial charge in [-0.3, -0.25) is 4.90 Å². The van der Waals surface area contributed by atoms with E-state index in [4.69, 9.17) is 5.11 Å². The molecular formula is C42H59NO3. The van der Waals surface area contributed by atoms with Crippen molar-refractivity contribution < 1.29 is 15.0 Å². The van der Waals surface area contributed by atoms with Crippen LogP contribution in [0.25, 0.3) is 0 Å². The number of hydrogen-bond acceptors (Lipinski definition) is 3. The zero-order valence-electron chi connectivity index (χ0n) is 30.1. The van der Waals surface area contributed by atoms with Crippen molar-refractivity contribution in [3.8, 4) is 5.75 Å². The van der Waals surface area contributed by atoms with E-state index in [2.05, 4.69) is 110 Å². The Hall–Kier alpha value is -3.63. The number of rotatable bonds is 12. The number of carbonyl (C=O) groups is 1. The quantitative estimate of drug-likeness (QED) is 0.182. The second kappa shape index (κ2) is 18.5. The summed E-state index contributed by atoms with van der Waals surface area (Å²) in [6, 6.07) is 17.5. The number of hydrogen-bond donors (Lipinski definition) is 2. The van der Waals surface area contributed by atoms with Crippen molar-refractivity contribution in [2.75, 3.05) is 6.54 Å². The third kappa shape index (κ3) is 12.6. The average Bonchev–Trinajstić information content (AvgIpc) is 2.96. The van der Waals surface area contributed by atoms with E-state index in [1.807, 2.05) is 30.4 Å². The SMILES string of the molecule is CC1=C(/C=C/C(C)=C/C=C/C(C)=C/C(=O)O)C(C)(C)CCC1.Cc1ccc(O)c([C@H](CCN(C(C)C)C(C)C)c2ccccc2)c1. The number of allylic oxidation sites excluding steroid dienone is 9. The van der Waals surface area contributed by atoms with Gasteiger partial charge in [-0.1, -0.05) is 103 Å². The van der Waals surface area contributed by atoms with E-state index in [1.54, 1.807) is 13.0 Å². The Morgan fingerprint density at radius 3 is 2.20 bits per heavy atom. The van der Waals surface area contributed by atoms with E-state index >= 15 is 0 Å². The van der Waals surface area contributed by atoms with Crippen molar-refractivity contribution in [1.82, 2.24) is 4.90 Å². The number of phenols is 1. The standard InChI is InChI=1S/C22H31NO.C20H28O2/c1-16(2)23(17(3)4)14-13-20(19-9-7-6-8-10-19)21-15-18(5)11-12-22(21)24;1-15(8-6-9-16(2)14-19(21)22)11-12-18-17(3)10-7-13-20(18,4)5/h6-12,15-17,20,24H,13-14H2,1-5H3;6,8-9,11-12,14H,7,10,13H2,1-5H3,(H,21,22)/b;9-6+,12-11+,15-8+,16-14+/t20-;/m1./s1. The highest BCUT2D eigenvalue weighted by atomic mass is 16.4. The number of aryl methyl sites for hydroxylation is 1. The van der Waals surface area contributed by atoms with Gasteiger partial charge in [0.1, 0.15) is 5.75 Å². The first kappa shape index (κ1) is 38.6. The Morgan fingerprint density at radius 1 is 0.957 bits per heavy atom. The zero-order chi connectivity index (χ0) is 34.4. The van der Waals surface area contributed by atoms with Gasteiger partial charge in [0.15, 0.2) is 0 Å². The molecule has 0 amide bonds. The molecule has 2 aromatic carbocycles. The fourth-order valence-corrected chi connectivity index (χ4v) is 6.41. The largest absolute Gasteiger partial charge is 0.508 e. The molecule has 0 unspecified atom stereocenters. The molecule has 0 bridgehead atoms. The number of phenolic OH excluding ortho intramolecular Hbond substituents is 1. The molecular weight excluding hydrogens is 566 g/mol. The summed E-state index contributed by atoms with van der Waals surface area (Å²) >= 11 is 0. The first-order valence-corrected chi connectivity index (χ1v) is 16.9. The van der Waals surface area contributed by atoms with Gasteiger partial charge < -0.3 is 10.2 Å². The Labute approximate surface area is 279 Å². The third-order valence-corrected chi connectivity index (χ3v) is 8.89. The molecule has 1 atom stereocenters. The van der Waals surface area contributed by atoms with Gasteiger partial charge in [-0.05, 0) is 116 Å². The number of aliphatic carboxylic acids is 1. The molecule has 0 radical (unpaired) electrons. The molecule has 0 aromatic heterocycles. The van der Waals surface area contributed by atoms with Gasteiger partial charge in [0, 0.05) is 29.6 Å². The van der Waals surface area contributed by atoms with E-state index in [0.717, 1.165) is 29.7 Å². The minimum atomic E-state index is -0.912. The monoisotopic (exact) mass is 625 g/mol. The summed E-state index contributed by atoms with van der Waals surface area (Å²) in [6.45, 7) is 22.8. The molecule has 2 aromatic rings. The highest BCUT2D eigenvalue weighted by Gasteiger charge is 2.26. The number of carboxylic acids is 1. The maximum absolute atomic E-state index is 10.5. The van der Waals surface area contributed by atoms with E-state index in [9.17, 15) is 9.90 Å². The number of nitrogens with zero attached hydrogens (tertiary/aromatic N) is 1. The van der Waals surface area contributed by atoms with Crippen LogP contribution in [0.5, 0.6) is 5.75 Å². The second-order valence-electron chi connectivity index (χ2n) is 14.0. The molecule has 4 nitrogen and oxygen atoms in total. The van der Waals surface area contributed by atoms with Crippen LogP contribution >= 0.6 is 0 Å². The minimum Gasteiger partial charge on any atom is -0.508 e. The summed E-state index contributed by atoms with van der Waals surface area (Å²) in [7, 11) is 0. The molecule has 0 saturated heterocycles. The van der Waals surface area contributed by atoms with Crippen LogP contribution in [0.2, 0.25) is 0 Å². The fourth-order valence-electron chi connectivity index (χ4n) is 6.41. The molecule has 250 valence electrons. The maximum atomic E-state index is 10.5. The van der Waals surface area contributed by atoms with E-state index < -0.39 is 5.97 Å². The molecule has 0 saturated carbocycles. The first-order valence-electron chi connectivity index (χ1n) is 16.9. The average molecular weight is 626 g/mol. The van der Waals surface area contributed by atoms with Crippen molar-refractivity contribution in [2.45, 2.75) is 113 Å². The Balaban J connectivity index is 0.000000322. The van der Waals surface area contributed by atoms with Gasteiger partial charge in [0.05, 0.1) is 0 Å². The number of aromatic hydroxyl groups is 1. The Bertz CT molecular complexity index is 1410. The molecule has 1 aliphatic rings. The summed E-state index contributed by atoms with van der Waals surface area (Å²) in [6.07, 6.45) is 16.0. The van der Waals surface area contributed by atoms with Gasteiger partial charge in [0.2, 0.25) is 0 Å². The lowest BCUT2D eigenvalue weighted by Crippen LogP contribution is -2.38. The van der Waals surface area contributed by atoms with Crippen LogP contribution < -0.4 is 0 Å². The second-order valence-corrected chi connectivity index (χ2v) is 14.0. The lowest BCUT2D eigenvalue weighted by Gasteiger charge is -2.32. The van der Waals surface area contributed by atoms with Gasteiger partial charge in [0.25, 0.3) is 0 Å². The summed E-state index contributed by atoms with van der Waals surface area (Å²) in [5.74, 6) is -0.300. The van der Waals surface area contributed by atoms with E-state index in [-0.39, 0.29) is 11.3 Å². The van der Waals surface area contributed by atoms with Crippen LogP contribution in [-0.2, 0) is 4.79 Å². The van der Waals surface area contributed by atoms with Crippen molar-refractivity contribution in [3.63, 3.8) is 0 Å². The zero-order valence-corrected chi connectivity index (χ0v) is 30.1. The molecule has 1 aliphatic carbocycles. The summed E-state index contributed by atoms with van der Waals surface area (Å²) in [5, 5.41) is 19.1. The summed E-state index contributed by atoms with van der Waals surface area (Å²) in [5.41, 5.74) is 8.59. The van der Waals surface area contributed by atoms with Crippen LogP contribution in [0.1, 0.15) is 111 Å². The van der Waals surface area contributed by atoms with Crippen LogP contribution in [0.15, 0.2) is 107 Å². The molecule has 3 rings (SSSR count). The normalized spacial score (nSPS) is 16.5. The lowest BCUT2D eigenvalue weighted by molar-refractivity contribution is -0.131. The Morgan fingerprint density at radius 2 is 1.61 bits per heavy atom. The third-order valence-electron chi connectivity index (χ3n) is 8.89. The van der Waals surface area contributed by atoms with E-state index in [0.29, 0.717) is 17.8 Å². The molecule has 4 heteroatoms. The molecule has 2 N–H and O–H groups in total. The van der Waals surface area contributed by atoms with E-state index in [1.165, 1.54) is 47.6 Å². The fraction of sp³-hybridized carbons (Fsp3) is 0.452. The van der Waals surface area contributed by atoms with Gasteiger partial charge in [-0.2, -0.15) is 0 Å². The lowest BCUT2D eigenvalue weighted by atomic mass is 9.72. The van der Waals surface area contributed by atoms with Crippen molar-refractivity contribution in [2.24, 2.45) is 5.41 Å². The van der Waals surface area contributed by atoms with Crippen molar-refractivity contribution in [3.05, 3.63) is 124 Å².